The average Bonchev–Trinajstić information content (AvgIpc) is 3.15. The Balaban J connectivity index is 1.51. The highest BCUT2D eigenvalue weighted by Crippen LogP contribution is 2.21. The number of thioether (sulfide) groups is 1. The van der Waals surface area contributed by atoms with Crippen LogP contribution < -0.4 is 10.1 Å². The van der Waals surface area contributed by atoms with Gasteiger partial charge in [-0.05, 0) is 47.0 Å². The molecule has 1 unspecified atom stereocenters. The SMILES string of the molecule is COc1ccc(Cn2nnnc2SC(C)C(=O)NCCc2ccccc2)cc1. The zero-order valence-corrected chi connectivity index (χ0v) is 16.7. The Morgan fingerprint density at radius 3 is 2.61 bits per heavy atom. The molecule has 0 aliphatic rings. The molecular weight excluding hydrogens is 374 g/mol. The van der Waals surface area contributed by atoms with Crippen molar-refractivity contribution in [2.24, 2.45) is 0 Å². The van der Waals surface area contributed by atoms with Gasteiger partial charge >= 0.3 is 0 Å². The Morgan fingerprint density at radius 1 is 1.14 bits per heavy atom. The van der Waals surface area contributed by atoms with Crippen molar-refractivity contribution in [2.45, 2.75) is 30.3 Å². The summed E-state index contributed by atoms with van der Waals surface area (Å²) in [6.07, 6.45) is 0.805. The monoisotopic (exact) mass is 397 g/mol. The molecule has 146 valence electrons. The highest BCUT2D eigenvalue weighted by molar-refractivity contribution is 8.00. The third-order valence-electron chi connectivity index (χ3n) is 4.20. The summed E-state index contributed by atoms with van der Waals surface area (Å²) in [5.41, 5.74) is 2.25. The molecule has 7 nitrogen and oxygen atoms in total. The molecule has 0 saturated carbocycles. The van der Waals surface area contributed by atoms with E-state index in [9.17, 15) is 4.79 Å². The first-order valence-corrected chi connectivity index (χ1v) is 9.91. The van der Waals surface area contributed by atoms with Crippen LogP contribution in [-0.4, -0.2) is 45.0 Å². The quantitative estimate of drug-likeness (QED) is 0.559. The molecule has 0 spiro atoms. The van der Waals surface area contributed by atoms with Crippen molar-refractivity contribution in [3.8, 4) is 5.75 Å². The molecule has 28 heavy (non-hydrogen) atoms. The maximum absolute atomic E-state index is 12.4. The van der Waals surface area contributed by atoms with E-state index in [-0.39, 0.29) is 11.2 Å². The van der Waals surface area contributed by atoms with Crippen LogP contribution >= 0.6 is 11.8 Å². The van der Waals surface area contributed by atoms with Gasteiger partial charge in [0.15, 0.2) is 0 Å². The fourth-order valence-electron chi connectivity index (χ4n) is 2.61. The van der Waals surface area contributed by atoms with Crippen molar-refractivity contribution >= 4 is 17.7 Å². The van der Waals surface area contributed by atoms with Crippen LogP contribution in [0.15, 0.2) is 59.8 Å². The number of benzene rings is 2. The second-order valence-corrected chi connectivity index (χ2v) is 7.56. The fourth-order valence-corrected chi connectivity index (χ4v) is 3.43. The first-order valence-electron chi connectivity index (χ1n) is 9.03. The van der Waals surface area contributed by atoms with Gasteiger partial charge in [0.05, 0.1) is 18.9 Å². The van der Waals surface area contributed by atoms with E-state index in [1.54, 1.807) is 11.8 Å². The highest BCUT2D eigenvalue weighted by Gasteiger charge is 2.18. The second-order valence-electron chi connectivity index (χ2n) is 6.25. The van der Waals surface area contributed by atoms with E-state index in [0.717, 1.165) is 17.7 Å². The van der Waals surface area contributed by atoms with Crippen molar-refractivity contribution in [3.05, 3.63) is 65.7 Å². The summed E-state index contributed by atoms with van der Waals surface area (Å²) in [7, 11) is 1.64. The lowest BCUT2D eigenvalue weighted by Crippen LogP contribution is -2.32. The second kappa shape index (κ2) is 9.89. The van der Waals surface area contributed by atoms with E-state index >= 15 is 0 Å². The van der Waals surface area contributed by atoms with Gasteiger partial charge in [0, 0.05) is 6.54 Å². The number of amides is 1. The summed E-state index contributed by atoms with van der Waals surface area (Å²) in [5.74, 6) is 0.774. The predicted octanol–water partition coefficient (Wildman–Crippen LogP) is 2.57. The number of nitrogens with one attached hydrogen (secondary N) is 1. The maximum Gasteiger partial charge on any atom is 0.233 e. The number of hydrogen-bond acceptors (Lipinski definition) is 6. The number of methoxy groups -OCH3 is 1. The molecule has 2 aromatic carbocycles. The highest BCUT2D eigenvalue weighted by atomic mass is 32.2. The molecule has 3 aromatic rings. The van der Waals surface area contributed by atoms with Crippen molar-refractivity contribution in [1.29, 1.82) is 0 Å². The fraction of sp³-hybridized carbons (Fsp3) is 0.300. The number of carbonyl (C=O) groups excluding carboxylic acids is 1. The first-order chi connectivity index (χ1) is 13.7. The van der Waals surface area contributed by atoms with E-state index in [4.69, 9.17) is 4.74 Å². The molecule has 0 radical (unpaired) electrons. The molecule has 8 heteroatoms. The zero-order chi connectivity index (χ0) is 19.8. The number of nitrogens with zero attached hydrogens (tertiary/aromatic N) is 4. The summed E-state index contributed by atoms with van der Waals surface area (Å²) in [6, 6.07) is 17.8. The third-order valence-corrected chi connectivity index (χ3v) is 5.27. The summed E-state index contributed by atoms with van der Waals surface area (Å²) in [4.78, 5) is 12.4. The molecule has 1 atom stereocenters. The molecule has 3 rings (SSSR count). The topological polar surface area (TPSA) is 81.9 Å². The van der Waals surface area contributed by atoms with E-state index in [0.29, 0.717) is 18.2 Å². The predicted molar refractivity (Wildman–Crippen MR) is 108 cm³/mol. The molecule has 1 N–H and O–H groups in total. The number of hydrogen-bond donors (Lipinski definition) is 1. The maximum atomic E-state index is 12.4. The minimum atomic E-state index is -0.295. The Morgan fingerprint density at radius 2 is 1.89 bits per heavy atom. The zero-order valence-electron chi connectivity index (χ0n) is 15.9. The molecule has 0 aliphatic heterocycles. The van der Waals surface area contributed by atoms with Crippen LogP contribution in [0.25, 0.3) is 0 Å². The number of ether oxygens (including phenoxy) is 1. The van der Waals surface area contributed by atoms with E-state index in [2.05, 4.69) is 33.0 Å². The van der Waals surface area contributed by atoms with Crippen LogP contribution in [0.1, 0.15) is 18.1 Å². The van der Waals surface area contributed by atoms with Crippen LogP contribution in [-0.2, 0) is 17.8 Å². The largest absolute Gasteiger partial charge is 0.497 e. The van der Waals surface area contributed by atoms with Crippen LogP contribution in [0.2, 0.25) is 0 Å². The lowest BCUT2D eigenvalue weighted by atomic mass is 10.1. The third kappa shape index (κ3) is 5.56. The molecular formula is C20H23N5O2S. The molecule has 1 amide bonds. The number of rotatable bonds is 9. The smallest absolute Gasteiger partial charge is 0.233 e. The summed E-state index contributed by atoms with van der Waals surface area (Å²) in [5, 5.41) is 15.1. The Labute approximate surface area is 168 Å². The van der Waals surface area contributed by atoms with Gasteiger partial charge in [0.25, 0.3) is 0 Å². The van der Waals surface area contributed by atoms with Gasteiger partial charge < -0.3 is 10.1 Å². The van der Waals surface area contributed by atoms with Gasteiger partial charge in [0.2, 0.25) is 11.1 Å². The number of aromatic nitrogens is 4. The summed E-state index contributed by atoms with van der Waals surface area (Å²) >= 11 is 1.35. The standard InChI is InChI=1S/C20H23N5O2S/c1-15(19(26)21-13-12-16-6-4-3-5-7-16)28-20-22-23-24-25(20)14-17-8-10-18(27-2)11-9-17/h3-11,15H,12-14H2,1-2H3,(H,21,26). The van der Waals surface area contributed by atoms with E-state index in [1.165, 1.54) is 17.3 Å². The summed E-state index contributed by atoms with van der Waals surface area (Å²) in [6.45, 7) is 2.99. The minimum absolute atomic E-state index is 0.0278. The molecule has 0 aliphatic carbocycles. The van der Waals surface area contributed by atoms with Gasteiger partial charge in [-0.25, -0.2) is 4.68 Å². The normalized spacial score (nSPS) is 11.8. The van der Waals surface area contributed by atoms with E-state index < -0.39 is 0 Å². The van der Waals surface area contributed by atoms with Crippen molar-refractivity contribution in [3.63, 3.8) is 0 Å². The van der Waals surface area contributed by atoms with Crippen molar-refractivity contribution in [2.75, 3.05) is 13.7 Å². The number of carbonyl (C=O) groups is 1. The van der Waals surface area contributed by atoms with Crippen LogP contribution in [0, 0.1) is 0 Å². The number of tetrazole rings is 1. The van der Waals surface area contributed by atoms with Gasteiger partial charge in [-0.3, -0.25) is 4.79 Å². The molecule has 0 bridgehead atoms. The van der Waals surface area contributed by atoms with Crippen LogP contribution in [0.4, 0.5) is 0 Å². The van der Waals surface area contributed by atoms with Crippen LogP contribution in [0.3, 0.4) is 0 Å². The Hall–Kier alpha value is -2.87. The van der Waals surface area contributed by atoms with Crippen LogP contribution in [0.5, 0.6) is 5.75 Å². The van der Waals surface area contributed by atoms with Gasteiger partial charge in [-0.15, -0.1) is 5.10 Å². The molecule has 1 aromatic heterocycles. The van der Waals surface area contributed by atoms with Gasteiger partial charge in [-0.2, -0.15) is 0 Å². The Bertz CT molecular complexity index is 883. The van der Waals surface area contributed by atoms with Crippen molar-refractivity contribution < 1.29 is 9.53 Å². The van der Waals surface area contributed by atoms with E-state index in [1.807, 2.05) is 49.4 Å². The lowest BCUT2D eigenvalue weighted by Gasteiger charge is -2.12. The first kappa shape index (κ1) is 19.9. The van der Waals surface area contributed by atoms with Crippen molar-refractivity contribution in [1.82, 2.24) is 25.5 Å². The van der Waals surface area contributed by atoms with Gasteiger partial charge in [-0.1, -0.05) is 54.2 Å². The Kier molecular flexibility index (Phi) is 7.02. The van der Waals surface area contributed by atoms with Gasteiger partial charge in [0.1, 0.15) is 5.75 Å². The molecule has 0 saturated heterocycles. The minimum Gasteiger partial charge on any atom is -0.497 e. The molecule has 0 fully saturated rings. The summed E-state index contributed by atoms with van der Waals surface area (Å²) < 4.78 is 6.87. The average molecular weight is 398 g/mol. The molecule has 1 heterocycles. The lowest BCUT2D eigenvalue weighted by molar-refractivity contribution is -0.120.